The van der Waals surface area contributed by atoms with Gasteiger partial charge in [-0.05, 0) is 69.4 Å². The van der Waals surface area contributed by atoms with Gasteiger partial charge in [0.1, 0.15) is 17.9 Å². The minimum Gasteiger partial charge on any atom is -0.462 e. The average molecular weight is 576 g/mol. The molecule has 10 heteroatoms. The van der Waals surface area contributed by atoms with Gasteiger partial charge in [0, 0.05) is 71.2 Å². The van der Waals surface area contributed by atoms with Crippen molar-refractivity contribution in [2.45, 2.75) is 56.7 Å². The molecule has 0 radical (unpaired) electrons. The fourth-order valence-corrected chi connectivity index (χ4v) is 7.24. The van der Waals surface area contributed by atoms with E-state index in [2.05, 4.69) is 25.1 Å². The van der Waals surface area contributed by atoms with Crippen molar-refractivity contribution in [1.29, 1.82) is 0 Å². The van der Waals surface area contributed by atoms with Gasteiger partial charge in [-0.2, -0.15) is 9.97 Å². The first kappa shape index (κ1) is 27.5. The number of fused-ring (bicyclic) bond motifs is 4. The molecule has 4 aromatic rings. The van der Waals surface area contributed by atoms with Crippen molar-refractivity contribution in [3.63, 3.8) is 0 Å². The maximum Gasteiger partial charge on any atom is 0.319 e. The second kappa shape index (κ2) is 11.7. The summed E-state index contributed by atoms with van der Waals surface area (Å²) in [5, 5.41) is 5.20. The highest BCUT2D eigenvalue weighted by molar-refractivity contribution is 6.01. The number of nitrogens with one attached hydrogen (secondary N) is 2. The molecule has 222 valence electrons. The molecule has 0 spiro atoms. The molecule has 0 amide bonds. The Morgan fingerprint density at radius 1 is 1.05 bits per heavy atom. The summed E-state index contributed by atoms with van der Waals surface area (Å²) >= 11 is 0. The molecule has 0 aliphatic carbocycles. The molecule has 3 fully saturated rings. The largest absolute Gasteiger partial charge is 0.462 e. The lowest BCUT2D eigenvalue weighted by atomic mass is 9.98. The number of aromatic nitrogens is 3. The van der Waals surface area contributed by atoms with Crippen LogP contribution in [0.4, 0.5) is 14.6 Å². The zero-order valence-electron chi connectivity index (χ0n) is 23.9. The van der Waals surface area contributed by atoms with Crippen LogP contribution < -0.4 is 20.7 Å². The molecule has 42 heavy (non-hydrogen) atoms. The quantitative estimate of drug-likeness (QED) is 0.255. The number of benzene rings is 2. The highest BCUT2D eigenvalue weighted by Gasteiger charge is 2.34. The van der Waals surface area contributed by atoms with Crippen LogP contribution in [0.1, 0.15) is 37.7 Å². The van der Waals surface area contributed by atoms with Crippen LogP contribution >= 0.6 is 0 Å². The molecule has 3 aliphatic heterocycles. The summed E-state index contributed by atoms with van der Waals surface area (Å²) in [4.78, 5) is 17.5. The van der Waals surface area contributed by atoms with Crippen molar-refractivity contribution in [2.75, 3.05) is 50.9 Å². The molecule has 3 saturated heterocycles. The van der Waals surface area contributed by atoms with Crippen molar-refractivity contribution in [1.82, 2.24) is 25.2 Å². The number of aryl methyl sites for hydroxylation is 1. The van der Waals surface area contributed by atoms with E-state index in [4.69, 9.17) is 15.5 Å². The number of piperazine rings is 1. The van der Waals surface area contributed by atoms with Crippen molar-refractivity contribution in [3.05, 3.63) is 47.9 Å². The Bertz CT molecular complexity index is 1560. The van der Waals surface area contributed by atoms with Crippen LogP contribution in [0.3, 0.4) is 0 Å². The van der Waals surface area contributed by atoms with Gasteiger partial charge in [-0.15, -0.1) is 0 Å². The summed E-state index contributed by atoms with van der Waals surface area (Å²) in [7, 11) is 0. The zero-order chi connectivity index (χ0) is 28.6. The summed E-state index contributed by atoms with van der Waals surface area (Å²) in [6.45, 7) is 4.27. The monoisotopic (exact) mass is 575 g/mol. The van der Waals surface area contributed by atoms with Gasteiger partial charge in [-0.1, -0.05) is 18.2 Å². The highest BCUT2D eigenvalue weighted by Crippen LogP contribution is 2.38. The van der Waals surface area contributed by atoms with Crippen LogP contribution in [0, 0.1) is 5.82 Å². The molecule has 2 unspecified atom stereocenters. The number of H-pyrrole nitrogens is 1. The van der Waals surface area contributed by atoms with Crippen molar-refractivity contribution in [2.24, 2.45) is 5.73 Å². The van der Waals surface area contributed by atoms with E-state index in [9.17, 15) is 4.39 Å². The van der Waals surface area contributed by atoms with Crippen LogP contribution in [-0.2, 0) is 6.42 Å². The third kappa shape index (κ3) is 5.09. The molecule has 2 bridgehead atoms. The van der Waals surface area contributed by atoms with Gasteiger partial charge >= 0.3 is 6.01 Å². The van der Waals surface area contributed by atoms with Crippen LogP contribution in [-0.4, -0.2) is 84.0 Å². The molecule has 4 N–H and O–H groups in total. The van der Waals surface area contributed by atoms with E-state index < -0.39 is 12.5 Å². The molecule has 2 aromatic heterocycles. The van der Waals surface area contributed by atoms with Crippen molar-refractivity contribution in [3.8, 4) is 17.1 Å². The van der Waals surface area contributed by atoms with Gasteiger partial charge < -0.3 is 25.7 Å². The first-order valence-electron chi connectivity index (χ1n) is 15.4. The Morgan fingerprint density at radius 3 is 2.71 bits per heavy atom. The lowest BCUT2D eigenvalue weighted by molar-refractivity contribution is 0.164. The predicted molar refractivity (Wildman–Crippen MR) is 162 cm³/mol. The molecule has 3 aliphatic rings. The minimum absolute atomic E-state index is 0.210. The third-order valence-electron chi connectivity index (χ3n) is 9.28. The smallest absolute Gasteiger partial charge is 0.319 e. The van der Waals surface area contributed by atoms with E-state index in [0.717, 1.165) is 80.6 Å². The van der Waals surface area contributed by atoms with E-state index in [1.54, 1.807) is 6.20 Å². The fraction of sp³-hybridized carbons (Fsp3) is 0.500. The third-order valence-corrected chi connectivity index (χ3v) is 9.28. The molecular formula is C32H39F2N7O. The lowest BCUT2D eigenvalue weighted by Crippen LogP contribution is -2.51. The van der Waals surface area contributed by atoms with E-state index in [-0.39, 0.29) is 24.0 Å². The number of ether oxygens (including phenoxy) is 1. The molecule has 0 saturated carbocycles. The summed E-state index contributed by atoms with van der Waals surface area (Å²) in [5.74, 6) is 0.308. The number of hydrogen-bond acceptors (Lipinski definition) is 7. The van der Waals surface area contributed by atoms with Gasteiger partial charge in [0.25, 0.3) is 0 Å². The SMILES string of the molecule is NCCCN1CCC[C@H]1COc1nc(N2CC3CCC(C2)N3)c2ccc(-c3c[nH]c4cccc(CCF)c34)c(F)c2n1. The topological polar surface area (TPSA) is 95.3 Å². The van der Waals surface area contributed by atoms with Crippen LogP contribution in [0.2, 0.25) is 0 Å². The van der Waals surface area contributed by atoms with E-state index in [0.29, 0.717) is 41.7 Å². The van der Waals surface area contributed by atoms with Crippen LogP contribution in [0.5, 0.6) is 6.01 Å². The lowest BCUT2D eigenvalue weighted by Gasteiger charge is -2.34. The normalized spacial score (nSPS) is 22.5. The summed E-state index contributed by atoms with van der Waals surface area (Å²) in [6.07, 6.45) is 7.47. The van der Waals surface area contributed by atoms with Gasteiger partial charge in [-0.25, -0.2) is 4.39 Å². The van der Waals surface area contributed by atoms with Gasteiger partial charge in [0.05, 0.1) is 6.67 Å². The van der Waals surface area contributed by atoms with E-state index >= 15 is 4.39 Å². The maximum absolute atomic E-state index is 16.6. The predicted octanol–water partition coefficient (Wildman–Crippen LogP) is 4.56. The second-order valence-electron chi connectivity index (χ2n) is 12.0. The van der Waals surface area contributed by atoms with Crippen molar-refractivity contribution >= 4 is 27.6 Å². The maximum atomic E-state index is 16.6. The standard InChI is InChI=1S/C32H39F2N7O/c33-12-11-20-4-1-6-27-28(20)26(16-36-27)24-9-10-25-30(29(24)34)38-32(42-19-23-5-2-14-40(23)15-3-13-35)39-31(25)41-17-21-7-8-22(18-41)37-21/h1,4,6,9-10,16,21-23,36-37H,2-3,5,7-8,11-15,17-19,35H2/t21?,22?,23-/m0/s1. The molecule has 2 aromatic carbocycles. The summed E-state index contributed by atoms with van der Waals surface area (Å²) < 4.78 is 36.3. The molecule has 5 heterocycles. The Labute approximate surface area is 244 Å². The summed E-state index contributed by atoms with van der Waals surface area (Å²) in [5.41, 5.74) is 8.85. The Balaban J connectivity index is 1.29. The Hall–Kier alpha value is -3.34. The first-order chi connectivity index (χ1) is 20.6. The van der Waals surface area contributed by atoms with E-state index in [1.807, 2.05) is 30.3 Å². The number of alkyl halides is 1. The average Bonchev–Trinajstić information content (AvgIpc) is 3.73. The summed E-state index contributed by atoms with van der Waals surface area (Å²) in [6, 6.07) is 10.8. The fourth-order valence-electron chi connectivity index (χ4n) is 7.24. The number of anilines is 1. The number of nitrogens with zero attached hydrogens (tertiary/aromatic N) is 4. The Morgan fingerprint density at radius 2 is 1.90 bits per heavy atom. The van der Waals surface area contributed by atoms with Gasteiger partial charge in [0.2, 0.25) is 0 Å². The highest BCUT2D eigenvalue weighted by atomic mass is 19.1. The number of likely N-dealkylation sites (tertiary alicyclic amines) is 1. The number of hydrogen-bond donors (Lipinski definition) is 3. The zero-order valence-corrected chi connectivity index (χ0v) is 23.9. The number of halogens is 2. The number of nitrogens with two attached hydrogens (primary N) is 1. The van der Waals surface area contributed by atoms with Crippen LogP contribution in [0.25, 0.3) is 32.9 Å². The van der Waals surface area contributed by atoms with Gasteiger partial charge in [-0.3, -0.25) is 9.29 Å². The number of rotatable bonds is 10. The van der Waals surface area contributed by atoms with Crippen LogP contribution in [0.15, 0.2) is 36.5 Å². The molecular weight excluding hydrogens is 536 g/mol. The second-order valence-corrected chi connectivity index (χ2v) is 12.0. The molecule has 8 nitrogen and oxygen atoms in total. The van der Waals surface area contributed by atoms with E-state index in [1.165, 1.54) is 0 Å². The molecule has 7 rings (SSSR count). The Kier molecular flexibility index (Phi) is 7.68. The molecule has 3 atom stereocenters. The number of aromatic amines is 1. The minimum atomic E-state index is -0.474. The van der Waals surface area contributed by atoms with Gasteiger partial charge in [0.15, 0.2) is 5.82 Å². The first-order valence-corrected chi connectivity index (χ1v) is 15.4. The van der Waals surface area contributed by atoms with Crippen molar-refractivity contribution < 1.29 is 13.5 Å².